The van der Waals surface area contributed by atoms with Crippen LogP contribution in [0, 0.1) is 0 Å². The van der Waals surface area contributed by atoms with Gasteiger partial charge in [-0.05, 0) is 6.92 Å². The molecule has 3 heterocycles. The number of nitrogens with two attached hydrogens (primary N) is 1. The minimum Gasteiger partial charge on any atom is -0.423 e. The van der Waals surface area contributed by atoms with Crippen LogP contribution in [0.4, 0.5) is 5.82 Å². The second-order valence-corrected chi connectivity index (χ2v) is 5.70. The summed E-state index contributed by atoms with van der Waals surface area (Å²) in [6, 6.07) is 0. The Bertz CT molecular complexity index is 736. The highest BCUT2D eigenvalue weighted by Gasteiger charge is 2.53. The van der Waals surface area contributed by atoms with Crippen LogP contribution >= 0.6 is 0 Å². The number of hydrogen-bond donors (Lipinski definition) is 6. The SMILES string of the molecule is C[C@]1(O)C(n2cc(B(O)O)c3c(N)ncnc32)OC(CO)[C@H]1O. The maximum absolute atomic E-state index is 10.5. The van der Waals surface area contributed by atoms with Crippen LogP contribution in [0.15, 0.2) is 12.5 Å². The highest BCUT2D eigenvalue weighted by molar-refractivity contribution is 6.62. The van der Waals surface area contributed by atoms with E-state index in [-0.39, 0.29) is 22.3 Å². The van der Waals surface area contributed by atoms with Crippen LogP contribution in [0.25, 0.3) is 11.0 Å². The molecule has 1 aliphatic rings. The quantitative estimate of drug-likeness (QED) is 0.317. The van der Waals surface area contributed by atoms with Gasteiger partial charge in [0.25, 0.3) is 0 Å². The zero-order chi connectivity index (χ0) is 16.9. The molecule has 11 heteroatoms. The lowest BCUT2D eigenvalue weighted by Crippen LogP contribution is -2.44. The molecule has 1 aliphatic heterocycles. The van der Waals surface area contributed by atoms with E-state index in [0.717, 1.165) is 0 Å². The topological polar surface area (TPSA) is 167 Å². The van der Waals surface area contributed by atoms with Crippen molar-refractivity contribution in [2.45, 2.75) is 31.0 Å². The van der Waals surface area contributed by atoms with Crippen molar-refractivity contribution in [2.24, 2.45) is 0 Å². The number of nitrogens with zero attached hydrogens (tertiary/aromatic N) is 3. The zero-order valence-corrected chi connectivity index (χ0v) is 12.2. The molecular weight excluding hydrogens is 307 g/mol. The predicted octanol–water partition coefficient (Wildman–Crippen LogP) is -3.31. The molecular formula is C12H17BN4O6. The first kappa shape index (κ1) is 16.1. The largest absolute Gasteiger partial charge is 0.490 e. The van der Waals surface area contributed by atoms with E-state index in [4.69, 9.17) is 10.5 Å². The molecule has 3 rings (SSSR count). The fourth-order valence-corrected chi connectivity index (χ4v) is 2.90. The number of hydrogen-bond acceptors (Lipinski definition) is 9. The van der Waals surface area contributed by atoms with Crippen molar-refractivity contribution in [1.29, 1.82) is 0 Å². The molecule has 0 bridgehead atoms. The highest BCUT2D eigenvalue weighted by Crippen LogP contribution is 2.39. The van der Waals surface area contributed by atoms with Crippen LogP contribution in [0.1, 0.15) is 13.2 Å². The lowest BCUT2D eigenvalue weighted by molar-refractivity contribution is -0.0947. The maximum Gasteiger partial charge on any atom is 0.490 e. The van der Waals surface area contributed by atoms with E-state index in [1.807, 2.05) is 0 Å². The summed E-state index contributed by atoms with van der Waals surface area (Å²) < 4.78 is 6.85. The van der Waals surface area contributed by atoms with Gasteiger partial charge in [0.2, 0.25) is 0 Å². The van der Waals surface area contributed by atoms with E-state index in [0.29, 0.717) is 0 Å². The van der Waals surface area contributed by atoms with Gasteiger partial charge in [0.15, 0.2) is 6.23 Å². The van der Waals surface area contributed by atoms with E-state index in [9.17, 15) is 25.4 Å². The summed E-state index contributed by atoms with van der Waals surface area (Å²) in [7, 11) is -1.84. The Labute approximate surface area is 130 Å². The molecule has 0 aromatic carbocycles. The third kappa shape index (κ3) is 2.29. The van der Waals surface area contributed by atoms with Crippen molar-refractivity contribution in [1.82, 2.24) is 14.5 Å². The van der Waals surface area contributed by atoms with Gasteiger partial charge in [-0.3, -0.25) is 0 Å². The minimum absolute atomic E-state index is 0.0359. The summed E-state index contributed by atoms with van der Waals surface area (Å²) >= 11 is 0. The molecule has 0 saturated carbocycles. The molecule has 124 valence electrons. The van der Waals surface area contributed by atoms with Crippen LogP contribution in [-0.4, -0.2) is 71.4 Å². The Kier molecular flexibility index (Phi) is 3.79. The second kappa shape index (κ2) is 5.41. The van der Waals surface area contributed by atoms with Gasteiger partial charge in [0.1, 0.15) is 35.6 Å². The van der Waals surface area contributed by atoms with Gasteiger partial charge in [0, 0.05) is 11.7 Å². The van der Waals surface area contributed by atoms with E-state index in [1.165, 1.54) is 24.0 Å². The minimum atomic E-state index is -1.84. The first-order valence-corrected chi connectivity index (χ1v) is 6.92. The van der Waals surface area contributed by atoms with Gasteiger partial charge in [-0.15, -0.1) is 0 Å². The standard InChI is InChI=1S/C12H17BN4O6/c1-12(20)8(19)6(3-18)23-11(12)17-2-5(13(21)22)7-9(14)15-4-16-10(7)17/h2,4,6,8,11,18-22H,3H2,1H3,(H2,14,15,16)/t6?,8-,11?,12-/m1/s1. The van der Waals surface area contributed by atoms with Gasteiger partial charge in [-0.25, -0.2) is 9.97 Å². The summed E-state index contributed by atoms with van der Waals surface area (Å²) in [6.45, 7) is 0.864. The first-order valence-electron chi connectivity index (χ1n) is 6.92. The van der Waals surface area contributed by atoms with Crippen LogP contribution in [0.2, 0.25) is 0 Å². The number of aliphatic hydroxyl groups is 3. The monoisotopic (exact) mass is 324 g/mol. The second-order valence-electron chi connectivity index (χ2n) is 5.70. The van der Waals surface area contributed by atoms with Crippen molar-refractivity contribution < 1.29 is 30.1 Å². The van der Waals surface area contributed by atoms with Gasteiger partial charge in [0.05, 0.1) is 12.0 Å². The maximum atomic E-state index is 10.5. The van der Waals surface area contributed by atoms with Gasteiger partial charge < -0.3 is 40.4 Å². The van der Waals surface area contributed by atoms with Crippen molar-refractivity contribution in [3.63, 3.8) is 0 Å². The van der Waals surface area contributed by atoms with Crippen molar-refractivity contribution in [3.05, 3.63) is 12.5 Å². The molecule has 10 nitrogen and oxygen atoms in total. The molecule has 0 spiro atoms. The molecule has 0 radical (unpaired) electrons. The lowest BCUT2D eigenvalue weighted by Gasteiger charge is -2.27. The van der Waals surface area contributed by atoms with Gasteiger partial charge in [-0.2, -0.15) is 0 Å². The van der Waals surface area contributed by atoms with Crippen molar-refractivity contribution in [2.75, 3.05) is 12.3 Å². The number of ether oxygens (including phenoxy) is 1. The van der Waals surface area contributed by atoms with Crippen LogP contribution < -0.4 is 11.2 Å². The Balaban J connectivity index is 2.19. The number of anilines is 1. The smallest absolute Gasteiger partial charge is 0.423 e. The fraction of sp³-hybridized carbons (Fsp3) is 0.500. The number of aromatic nitrogens is 3. The molecule has 23 heavy (non-hydrogen) atoms. The first-order chi connectivity index (χ1) is 10.8. The van der Waals surface area contributed by atoms with Gasteiger partial charge >= 0.3 is 7.12 Å². The Morgan fingerprint density at radius 1 is 1.43 bits per heavy atom. The Morgan fingerprint density at radius 3 is 2.70 bits per heavy atom. The van der Waals surface area contributed by atoms with Crippen LogP contribution in [0.5, 0.6) is 0 Å². The molecule has 2 aromatic rings. The number of nitrogen functional groups attached to an aromatic ring is 1. The fourth-order valence-electron chi connectivity index (χ4n) is 2.90. The molecule has 7 N–H and O–H groups in total. The molecule has 0 aliphatic carbocycles. The van der Waals surface area contributed by atoms with Crippen LogP contribution in [-0.2, 0) is 4.74 Å². The lowest BCUT2D eigenvalue weighted by atomic mass is 9.80. The van der Waals surface area contributed by atoms with E-state index >= 15 is 0 Å². The average molecular weight is 324 g/mol. The zero-order valence-electron chi connectivity index (χ0n) is 12.2. The average Bonchev–Trinajstić information content (AvgIpc) is 2.97. The van der Waals surface area contributed by atoms with E-state index < -0.39 is 37.8 Å². The van der Waals surface area contributed by atoms with Gasteiger partial charge in [-0.1, -0.05) is 0 Å². The van der Waals surface area contributed by atoms with E-state index in [1.54, 1.807) is 0 Å². The summed E-state index contributed by atoms with van der Waals surface area (Å²) in [5.41, 5.74) is 4.28. The molecule has 1 fully saturated rings. The summed E-state index contributed by atoms with van der Waals surface area (Å²) in [5, 5.41) is 49.1. The van der Waals surface area contributed by atoms with Crippen LogP contribution in [0.3, 0.4) is 0 Å². The molecule has 2 aromatic heterocycles. The number of aliphatic hydroxyl groups excluding tert-OH is 2. The Morgan fingerprint density at radius 2 is 2.13 bits per heavy atom. The van der Waals surface area contributed by atoms with Crippen molar-refractivity contribution >= 4 is 29.4 Å². The van der Waals surface area contributed by atoms with Crippen molar-refractivity contribution in [3.8, 4) is 0 Å². The molecule has 0 amide bonds. The molecule has 2 unspecified atom stereocenters. The summed E-state index contributed by atoms with van der Waals surface area (Å²) in [4.78, 5) is 7.86. The predicted molar refractivity (Wildman–Crippen MR) is 79.4 cm³/mol. The highest BCUT2D eigenvalue weighted by atomic mass is 16.6. The van der Waals surface area contributed by atoms with E-state index in [2.05, 4.69) is 9.97 Å². The normalized spacial score (nSPS) is 31.0. The molecule has 1 saturated heterocycles. The number of rotatable bonds is 3. The third-order valence-corrected chi connectivity index (χ3v) is 4.13. The number of fused-ring (bicyclic) bond motifs is 1. The summed E-state index contributed by atoms with van der Waals surface area (Å²) in [5.74, 6) is 0.0359. The molecule has 4 atom stereocenters. The third-order valence-electron chi connectivity index (χ3n) is 4.13. The summed E-state index contributed by atoms with van der Waals surface area (Å²) in [6.07, 6.45) is -0.943. The Hall–Kier alpha value is -1.76.